The lowest BCUT2D eigenvalue weighted by molar-refractivity contribution is 0.131. The van der Waals surface area contributed by atoms with E-state index in [2.05, 4.69) is 19.2 Å². The summed E-state index contributed by atoms with van der Waals surface area (Å²) in [7, 11) is 1.79. The van der Waals surface area contributed by atoms with Gasteiger partial charge in [0.1, 0.15) is 0 Å². The first-order valence-corrected chi connectivity index (χ1v) is 6.00. The van der Waals surface area contributed by atoms with Crippen molar-refractivity contribution in [3.8, 4) is 0 Å². The van der Waals surface area contributed by atoms with Gasteiger partial charge in [-0.05, 0) is 37.6 Å². The molecule has 1 N–H and O–H groups in total. The number of hydrogen-bond acceptors (Lipinski definition) is 2. The van der Waals surface area contributed by atoms with Gasteiger partial charge in [-0.25, -0.2) is 0 Å². The first-order valence-electron chi connectivity index (χ1n) is 6.00. The molecule has 2 atom stereocenters. The van der Waals surface area contributed by atoms with Gasteiger partial charge in [-0.2, -0.15) is 0 Å². The summed E-state index contributed by atoms with van der Waals surface area (Å²) < 4.78 is 5.19. The number of nitrogens with one attached hydrogen (secondary N) is 1. The van der Waals surface area contributed by atoms with E-state index in [1.54, 1.807) is 7.11 Å². The van der Waals surface area contributed by atoms with E-state index < -0.39 is 0 Å². The summed E-state index contributed by atoms with van der Waals surface area (Å²) in [6.45, 7) is 6.48. The summed E-state index contributed by atoms with van der Waals surface area (Å²) >= 11 is 0. The Hall–Kier alpha value is -0.0800. The highest BCUT2D eigenvalue weighted by Crippen LogP contribution is 2.32. The van der Waals surface area contributed by atoms with E-state index in [-0.39, 0.29) is 0 Å². The minimum atomic E-state index is 0.685. The molecule has 2 unspecified atom stereocenters. The topological polar surface area (TPSA) is 21.3 Å². The van der Waals surface area contributed by atoms with Crippen molar-refractivity contribution in [1.29, 1.82) is 0 Å². The van der Waals surface area contributed by atoms with Crippen LogP contribution in [0, 0.1) is 11.8 Å². The number of ether oxygens (including phenoxy) is 1. The van der Waals surface area contributed by atoms with E-state index in [1.807, 2.05) is 0 Å². The summed E-state index contributed by atoms with van der Waals surface area (Å²) in [5.41, 5.74) is 0. The minimum absolute atomic E-state index is 0.685. The lowest BCUT2D eigenvalue weighted by atomic mass is 9.77. The van der Waals surface area contributed by atoms with Crippen molar-refractivity contribution in [1.82, 2.24) is 5.32 Å². The van der Waals surface area contributed by atoms with E-state index in [9.17, 15) is 0 Å². The summed E-state index contributed by atoms with van der Waals surface area (Å²) in [4.78, 5) is 0. The molecule has 0 aromatic heterocycles. The van der Waals surface area contributed by atoms with Crippen LogP contribution in [0.1, 0.15) is 39.5 Å². The van der Waals surface area contributed by atoms with Crippen molar-refractivity contribution in [2.45, 2.75) is 45.6 Å². The predicted octanol–water partition coefficient (Wildman–Crippen LogP) is 2.44. The Morgan fingerprint density at radius 2 is 2.14 bits per heavy atom. The van der Waals surface area contributed by atoms with Gasteiger partial charge in [-0.1, -0.05) is 20.3 Å². The minimum Gasteiger partial charge on any atom is -0.384 e. The molecule has 0 amide bonds. The molecule has 1 saturated carbocycles. The first-order chi connectivity index (χ1) is 6.77. The highest BCUT2D eigenvalue weighted by Gasteiger charge is 2.27. The third kappa shape index (κ3) is 3.58. The van der Waals surface area contributed by atoms with Gasteiger partial charge in [0.05, 0.1) is 0 Å². The Bertz CT molecular complexity index is 145. The number of rotatable bonds is 7. The predicted molar refractivity (Wildman–Crippen MR) is 60.5 cm³/mol. The highest BCUT2D eigenvalue weighted by molar-refractivity contribution is 4.83. The standard InChI is InChI=1S/C12H25NO/c1-4-13-12(11-6-5-7-11)8-10(2)9-14-3/h10-13H,4-9H2,1-3H3. The summed E-state index contributed by atoms with van der Waals surface area (Å²) in [5, 5.41) is 3.62. The van der Waals surface area contributed by atoms with Crippen LogP contribution in [0.25, 0.3) is 0 Å². The summed E-state index contributed by atoms with van der Waals surface area (Å²) in [6, 6.07) is 0.735. The Morgan fingerprint density at radius 1 is 1.43 bits per heavy atom. The molecule has 2 heteroatoms. The molecule has 1 fully saturated rings. The van der Waals surface area contributed by atoms with Gasteiger partial charge >= 0.3 is 0 Å². The van der Waals surface area contributed by atoms with Gasteiger partial charge in [-0.3, -0.25) is 0 Å². The zero-order chi connectivity index (χ0) is 10.4. The van der Waals surface area contributed by atoms with Crippen LogP contribution in [0.3, 0.4) is 0 Å². The monoisotopic (exact) mass is 199 g/mol. The summed E-state index contributed by atoms with van der Waals surface area (Å²) in [5.74, 6) is 1.62. The normalized spacial score (nSPS) is 21.6. The second-order valence-electron chi connectivity index (χ2n) is 4.65. The van der Waals surface area contributed by atoms with Crippen LogP contribution in [0.15, 0.2) is 0 Å². The highest BCUT2D eigenvalue weighted by atomic mass is 16.5. The second-order valence-corrected chi connectivity index (χ2v) is 4.65. The molecule has 0 spiro atoms. The zero-order valence-corrected chi connectivity index (χ0v) is 9.88. The molecule has 0 bridgehead atoms. The van der Waals surface area contributed by atoms with Crippen LogP contribution in [0.5, 0.6) is 0 Å². The molecule has 14 heavy (non-hydrogen) atoms. The Morgan fingerprint density at radius 3 is 2.57 bits per heavy atom. The molecule has 0 aromatic rings. The Balaban J connectivity index is 2.26. The average molecular weight is 199 g/mol. The quantitative estimate of drug-likeness (QED) is 0.680. The van der Waals surface area contributed by atoms with Crippen molar-refractivity contribution in [2.24, 2.45) is 11.8 Å². The Labute approximate surface area is 88.4 Å². The smallest absolute Gasteiger partial charge is 0.0488 e. The molecular weight excluding hydrogens is 174 g/mol. The van der Waals surface area contributed by atoms with Gasteiger partial charge in [0, 0.05) is 19.8 Å². The van der Waals surface area contributed by atoms with Crippen molar-refractivity contribution in [2.75, 3.05) is 20.3 Å². The van der Waals surface area contributed by atoms with Crippen LogP contribution in [0.2, 0.25) is 0 Å². The summed E-state index contributed by atoms with van der Waals surface area (Å²) in [6.07, 6.45) is 5.56. The molecule has 0 aromatic carbocycles. The molecule has 0 aliphatic heterocycles. The van der Waals surface area contributed by atoms with Crippen LogP contribution in [-0.2, 0) is 4.74 Å². The largest absolute Gasteiger partial charge is 0.384 e. The van der Waals surface area contributed by atoms with Gasteiger partial charge in [-0.15, -0.1) is 0 Å². The SMILES string of the molecule is CCNC(CC(C)COC)C1CCC1. The molecule has 84 valence electrons. The molecular formula is C12H25NO. The van der Waals surface area contributed by atoms with Gasteiger partial charge < -0.3 is 10.1 Å². The van der Waals surface area contributed by atoms with Crippen molar-refractivity contribution < 1.29 is 4.74 Å². The molecule has 0 heterocycles. The van der Waals surface area contributed by atoms with Crippen LogP contribution in [0.4, 0.5) is 0 Å². The van der Waals surface area contributed by atoms with Gasteiger partial charge in [0.2, 0.25) is 0 Å². The van der Waals surface area contributed by atoms with E-state index in [1.165, 1.54) is 25.7 Å². The fraction of sp³-hybridized carbons (Fsp3) is 1.00. The molecule has 2 nitrogen and oxygen atoms in total. The number of methoxy groups -OCH3 is 1. The van der Waals surface area contributed by atoms with Crippen LogP contribution >= 0.6 is 0 Å². The van der Waals surface area contributed by atoms with Crippen LogP contribution in [-0.4, -0.2) is 26.3 Å². The van der Waals surface area contributed by atoms with E-state index in [0.717, 1.165) is 25.1 Å². The Kier molecular flexibility index (Phi) is 5.49. The molecule has 0 saturated heterocycles. The van der Waals surface area contributed by atoms with E-state index in [0.29, 0.717) is 5.92 Å². The first kappa shape index (κ1) is 12.0. The lowest BCUT2D eigenvalue weighted by Gasteiger charge is -2.35. The van der Waals surface area contributed by atoms with Crippen molar-refractivity contribution in [3.63, 3.8) is 0 Å². The third-order valence-electron chi connectivity index (χ3n) is 3.29. The van der Waals surface area contributed by atoms with Crippen LogP contribution < -0.4 is 5.32 Å². The maximum absolute atomic E-state index is 5.19. The molecule has 1 aliphatic rings. The lowest BCUT2D eigenvalue weighted by Crippen LogP contribution is -2.40. The van der Waals surface area contributed by atoms with Crippen molar-refractivity contribution in [3.05, 3.63) is 0 Å². The maximum Gasteiger partial charge on any atom is 0.0488 e. The fourth-order valence-corrected chi connectivity index (χ4v) is 2.33. The number of hydrogen-bond donors (Lipinski definition) is 1. The average Bonchev–Trinajstić information content (AvgIpc) is 2.01. The molecule has 1 rings (SSSR count). The van der Waals surface area contributed by atoms with Gasteiger partial charge in [0.15, 0.2) is 0 Å². The maximum atomic E-state index is 5.19. The van der Waals surface area contributed by atoms with Crippen molar-refractivity contribution >= 4 is 0 Å². The van der Waals surface area contributed by atoms with Gasteiger partial charge in [0.25, 0.3) is 0 Å². The molecule has 0 radical (unpaired) electrons. The van der Waals surface area contributed by atoms with E-state index >= 15 is 0 Å². The second kappa shape index (κ2) is 6.41. The van der Waals surface area contributed by atoms with E-state index in [4.69, 9.17) is 4.74 Å². The zero-order valence-electron chi connectivity index (χ0n) is 9.88. The molecule has 1 aliphatic carbocycles. The fourth-order valence-electron chi connectivity index (χ4n) is 2.33. The third-order valence-corrected chi connectivity index (χ3v) is 3.29.